The van der Waals surface area contributed by atoms with Crippen molar-refractivity contribution in [3.05, 3.63) is 46.8 Å². The molecule has 3 rings (SSSR count). The molecule has 1 aliphatic heterocycles. The van der Waals surface area contributed by atoms with E-state index in [2.05, 4.69) is 33.1 Å². The predicted octanol–water partition coefficient (Wildman–Crippen LogP) is 0.994. The Morgan fingerprint density at radius 2 is 1.88 bits per heavy atom. The van der Waals surface area contributed by atoms with Crippen LogP contribution in [0, 0.1) is 18.3 Å². The van der Waals surface area contributed by atoms with Gasteiger partial charge in [-0.25, -0.2) is 4.98 Å². The lowest BCUT2D eigenvalue weighted by molar-refractivity contribution is 0.0519. The third-order valence-corrected chi connectivity index (χ3v) is 4.42. The number of rotatable bonds is 5. The lowest BCUT2D eigenvalue weighted by atomic mass is 10.0. The summed E-state index contributed by atoms with van der Waals surface area (Å²) < 4.78 is 5.48. The number of ether oxygens (including phenoxy) is 1. The van der Waals surface area contributed by atoms with Crippen LogP contribution < -0.4 is 9.64 Å². The zero-order chi connectivity index (χ0) is 18.5. The molecule has 0 radical (unpaired) electrons. The lowest BCUT2D eigenvalue weighted by Gasteiger charge is -2.23. The van der Waals surface area contributed by atoms with Gasteiger partial charge in [-0.05, 0) is 30.9 Å². The van der Waals surface area contributed by atoms with Crippen molar-refractivity contribution in [2.75, 3.05) is 31.2 Å². The van der Waals surface area contributed by atoms with Crippen molar-refractivity contribution in [2.45, 2.75) is 25.9 Å². The number of fused-ring (bicyclic) bond motifs is 1. The number of aromatic nitrogens is 2. The molecule has 1 unspecified atom stereocenters. The summed E-state index contributed by atoms with van der Waals surface area (Å²) in [5.74, 6) is 1.19. The van der Waals surface area contributed by atoms with E-state index in [0.29, 0.717) is 11.6 Å². The van der Waals surface area contributed by atoms with Crippen molar-refractivity contribution >= 4 is 5.82 Å². The van der Waals surface area contributed by atoms with E-state index in [1.54, 1.807) is 6.92 Å². The zero-order valence-corrected chi connectivity index (χ0v) is 14.7. The van der Waals surface area contributed by atoms with Crippen molar-refractivity contribution in [3.8, 4) is 11.9 Å². The summed E-state index contributed by atoms with van der Waals surface area (Å²) >= 11 is 0. The van der Waals surface area contributed by atoms with Gasteiger partial charge in [0, 0.05) is 13.1 Å². The van der Waals surface area contributed by atoms with E-state index >= 15 is 0 Å². The fourth-order valence-electron chi connectivity index (χ4n) is 3.07. The van der Waals surface area contributed by atoms with Crippen LogP contribution in [0.1, 0.15) is 22.5 Å². The third-order valence-electron chi connectivity index (χ3n) is 4.42. The van der Waals surface area contributed by atoms with Crippen LogP contribution in [0.25, 0.3) is 0 Å². The topological polar surface area (TPSA) is 102 Å². The summed E-state index contributed by atoms with van der Waals surface area (Å²) in [6, 6.07) is 10.5. The van der Waals surface area contributed by atoms with Crippen LogP contribution in [0.2, 0.25) is 0 Å². The highest BCUT2D eigenvalue weighted by Crippen LogP contribution is 2.28. The standard InChI is InChI=1S/C19H22N4O3/c1-13-21-18(17(10-20)19(22-13)26-12-16(25)11-24)23-8-6-14-4-2-3-5-15(14)7-9-23/h2-5,16,24-25H,6-9,11-12H2,1H3. The number of anilines is 1. The molecular formula is C19H22N4O3. The van der Waals surface area contributed by atoms with Gasteiger partial charge in [-0.3, -0.25) is 0 Å². The van der Waals surface area contributed by atoms with Gasteiger partial charge in [0.15, 0.2) is 11.4 Å². The summed E-state index contributed by atoms with van der Waals surface area (Å²) in [5.41, 5.74) is 2.90. The molecule has 0 spiro atoms. The monoisotopic (exact) mass is 354 g/mol. The Labute approximate surface area is 152 Å². The average Bonchev–Trinajstić information content (AvgIpc) is 2.88. The fraction of sp³-hybridized carbons (Fsp3) is 0.421. The highest BCUT2D eigenvalue weighted by Gasteiger charge is 2.22. The number of hydrogen-bond donors (Lipinski definition) is 2. The summed E-state index contributed by atoms with van der Waals surface area (Å²) in [7, 11) is 0. The number of hydrogen-bond acceptors (Lipinski definition) is 7. The molecule has 1 aliphatic rings. The Morgan fingerprint density at radius 3 is 2.46 bits per heavy atom. The molecule has 0 saturated carbocycles. The number of aliphatic hydroxyl groups excluding tert-OH is 2. The molecule has 0 fully saturated rings. The maximum Gasteiger partial charge on any atom is 0.237 e. The van der Waals surface area contributed by atoms with Crippen LogP contribution in [0.4, 0.5) is 5.82 Å². The second-order valence-electron chi connectivity index (χ2n) is 6.29. The molecule has 0 amide bonds. The quantitative estimate of drug-likeness (QED) is 0.825. The van der Waals surface area contributed by atoms with E-state index in [-0.39, 0.29) is 18.1 Å². The summed E-state index contributed by atoms with van der Waals surface area (Å²) in [5, 5.41) is 28.1. The first-order valence-electron chi connectivity index (χ1n) is 8.64. The van der Waals surface area contributed by atoms with E-state index in [4.69, 9.17) is 9.84 Å². The Hall–Kier alpha value is -2.69. The minimum atomic E-state index is -1.02. The van der Waals surface area contributed by atoms with Gasteiger partial charge >= 0.3 is 0 Å². The number of aliphatic hydroxyl groups is 2. The Bertz CT molecular complexity index is 792. The number of aryl methyl sites for hydroxylation is 1. The normalized spacial score (nSPS) is 14.9. The van der Waals surface area contributed by atoms with E-state index in [0.717, 1.165) is 25.9 Å². The first-order valence-corrected chi connectivity index (χ1v) is 8.64. The molecule has 1 aromatic carbocycles. The van der Waals surface area contributed by atoms with Crippen molar-refractivity contribution in [3.63, 3.8) is 0 Å². The van der Waals surface area contributed by atoms with Crippen LogP contribution in [0.3, 0.4) is 0 Å². The average molecular weight is 354 g/mol. The van der Waals surface area contributed by atoms with Crippen molar-refractivity contribution in [1.82, 2.24) is 9.97 Å². The molecule has 7 heteroatoms. The Morgan fingerprint density at radius 1 is 1.23 bits per heavy atom. The van der Waals surface area contributed by atoms with Gasteiger partial charge < -0.3 is 19.8 Å². The van der Waals surface area contributed by atoms with Gasteiger partial charge in [-0.15, -0.1) is 0 Å². The molecule has 1 atom stereocenters. The lowest BCUT2D eigenvalue weighted by Crippen LogP contribution is -2.29. The smallest absolute Gasteiger partial charge is 0.237 e. The molecule has 136 valence electrons. The van der Waals surface area contributed by atoms with Gasteiger partial charge in [0.25, 0.3) is 0 Å². The van der Waals surface area contributed by atoms with Crippen molar-refractivity contribution in [2.24, 2.45) is 0 Å². The first-order chi connectivity index (χ1) is 12.6. The number of nitrogens with zero attached hydrogens (tertiary/aromatic N) is 4. The molecule has 0 aliphatic carbocycles. The second kappa shape index (κ2) is 8.13. The number of nitriles is 1. The molecule has 2 aromatic rings. The predicted molar refractivity (Wildman–Crippen MR) is 96.1 cm³/mol. The highest BCUT2D eigenvalue weighted by atomic mass is 16.5. The largest absolute Gasteiger partial charge is 0.474 e. The Balaban J connectivity index is 1.88. The van der Waals surface area contributed by atoms with Crippen LogP contribution >= 0.6 is 0 Å². The molecule has 2 heterocycles. The second-order valence-corrected chi connectivity index (χ2v) is 6.29. The molecular weight excluding hydrogens is 332 g/mol. The van der Waals surface area contributed by atoms with Crippen molar-refractivity contribution in [1.29, 1.82) is 5.26 Å². The molecule has 0 bridgehead atoms. The molecule has 0 saturated heterocycles. The van der Waals surface area contributed by atoms with Crippen LogP contribution in [-0.4, -0.2) is 52.6 Å². The minimum absolute atomic E-state index is 0.132. The summed E-state index contributed by atoms with van der Waals surface area (Å²) in [6.07, 6.45) is 0.737. The van der Waals surface area contributed by atoms with E-state index in [1.807, 2.05) is 12.1 Å². The third kappa shape index (κ3) is 3.93. The van der Waals surface area contributed by atoms with Gasteiger partial charge in [0.05, 0.1) is 6.61 Å². The fourth-order valence-corrected chi connectivity index (χ4v) is 3.07. The molecule has 2 N–H and O–H groups in total. The van der Waals surface area contributed by atoms with E-state index in [9.17, 15) is 10.4 Å². The SMILES string of the molecule is Cc1nc(OCC(O)CO)c(C#N)c(N2CCc3ccccc3CC2)n1. The molecule has 26 heavy (non-hydrogen) atoms. The van der Waals surface area contributed by atoms with Crippen LogP contribution in [0.5, 0.6) is 5.88 Å². The zero-order valence-electron chi connectivity index (χ0n) is 14.7. The van der Waals surface area contributed by atoms with Crippen LogP contribution in [-0.2, 0) is 12.8 Å². The van der Waals surface area contributed by atoms with E-state index in [1.165, 1.54) is 11.1 Å². The number of benzene rings is 1. The molecule has 1 aromatic heterocycles. The van der Waals surface area contributed by atoms with Gasteiger partial charge in [0.2, 0.25) is 5.88 Å². The first kappa shape index (κ1) is 18.1. The summed E-state index contributed by atoms with van der Waals surface area (Å²) in [6.45, 7) is 2.70. The van der Waals surface area contributed by atoms with Gasteiger partial charge in [0.1, 0.15) is 24.6 Å². The molecule has 7 nitrogen and oxygen atoms in total. The minimum Gasteiger partial charge on any atom is -0.474 e. The maximum atomic E-state index is 9.64. The summed E-state index contributed by atoms with van der Waals surface area (Å²) in [4.78, 5) is 10.8. The highest BCUT2D eigenvalue weighted by molar-refractivity contribution is 5.59. The van der Waals surface area contributed by atoms with Crippen LogP contribution in [0.15, 0.2) is 24.3 Å². The van der Waals surface area contributed by atoms with E-state index < -0.39 is 12.7 Å². The van der Waals surface area contributed by atoms with Gasteiger partial charge in [-0.1, -0.05) is 24.3 Å². The maximum absolute atomic E-state index is 9.64. The Kier molecular flexibility index (Phi) is 5.66. The van der Waals surface area contributed by atoms with Gasteiger partial charge in [-0.2, -0.15) is 10.2 Å². The van der Waals surface area contributed by atoms with Crippen molar-refractivity contribution < 1.29 is 14.9 Å².